The lowest BCUT2D eigenvalue weighted by Crippen LogP contribution is -2.27. The highest BCUT2D eigenvalue weighted by Gasteiger charge is 2.19. The molecule has 0 aliphatic carbocycles. The van der Waals surface area contributed by atoms with Gasteiger partial charge in [0.05, 0.1) is 11.6 Å². The number of nitrogen functional groups attached to an aromatic ring is 1. The Balaban J connectivity index is 1.29. The molecule has 2 aromatic carbocycles. The Labute approximate surface area is 220 Å². The second kappa shape index (κ2) is 11.3. The number of nitrogens with one attached hydrogen (secondary N) is 1. The number of benzene rings is 2. The van der Waals surface area contributed by atoms with E-state index in [1.807, 2.05) is 43.3 Å². The van der Waals surface area contributed by atoms with Crippen molar-refractivity contribution in [3.63, 3.8) is 0 Å². The molecule has 38 heavy (non-hydrogen) atoms. The third-order valence-corrected chi connectivity index (χ3v) is 6.35. The van der Waals surface area contributed by atoms with Crippen molar-refractivity contribution in [2.75, 3.05) is 37.4 Å². The zero-order valence-corrected chi connectivity index (χ0v) is 21.2. The van der Waals surface area contributed by atoms with E-state index in [9.17, 15) is 5.11 Å². The molecule has 5 rings (SSSR count). The summed E-state index contributed by atoms with van der Waals surface area (Å²) < 4.78 is 13.5. The second-order valence-electron chi connectivity index (χ2n) is 9.14. The van der Waals surface area contributed by atoms with Gasteiger partial charge in [0.25, 0.3) is 0 Å². The van der Waals surface area contributed by atoms with Gasteiger partial charge in [0, 0.05) is 49.2 Å². The zero-order chi connectivity index (χ0) is 26.5. The first-order chi connectivity index (χ1) is 18.5. The van der Waals surface area contributed by atoms with Crippen LogP contribution < -0.4 is 26.1 Å². The summed E-state index contributed by atoms with van der Waals surface area (Å²) in [6, 6.07) is 15.1. The minimum absolute atomic E-state index is 0.228. The maximum absolute atomic E-state index is 9.70. The minimum atomic E-state index is -0.228. The number of β-amino-alcohol motifs (C(OH)–C–C–N with tert-alkyl or cyclic N) is 1. The van der Waals surface area contributed by atoms with Crippen LogP contribution in [-0.2, 0) is 0 Å². The number of nitrogens with two attached hydrogens (primary N) is 1. The van der Waals surface area contributed by atoms with Gasteiger partial charge in [0.2, 0.25) is 0 Å². The maximum Gasteiger partial charge on any atom is 0.154 e. The molecular weight excluding hydrogens is 482 g/mol. The van der Waals surface area contributed by atoms with E-state index in [0.717, 1.165) is 47.4 Å². The van der Waals surface area contributed by atoms with Gasteiger partial charge in [0.1, 0.15) is 36.0 Å². The quantitative estimate of drug-likeness (QED) is 0.291. The number of rotatable bonds is 9. The predicted molar refractivity (Wildman–Crippen MR) is 147 cm³/mol. The first kappa shape index (κ1) is 25.2. The van der Waals surface area contributed by atoms with E-state index >= 15 is 0 Å². The molecule has 2 aromatic heterocycles. The fraction of sp³-hybridized carbons (Fsp3) is 0.250. The number of aryl methyl sites for hydroxylation is 1. The highest BCUT2D eigenvalue weighted by atomic mass is 16.5. The van der Waals surface area contributed by atoms with Crippen LogP contribution in [-0.4, -0.2) is 57.0 Å². The van der Waals surface area contributed by atoms with Crippen LogP contribution in [0.2, 0.25) is 0 Å². The Morgan fingerprint density at radius 1 is 1.18 bits per heavy atom. The molecule has 1 saturated heterocycles. The van der Waals surface area contributed by atoms with Gasteiger partial charge in [-0.2, -0.15) is 0 Å². The molecule has 4 N–H and O–H groups in total. The van der Waals surface area contributed by atoms with E-state index in [1.165, 1.54) is 10.9 Å². The van der Waals surface area contributed by atoms with Gasteiger partial charge < -0.3 is 25.7 Å². The molecule has 1 atom stereocenters. The predicted octanol–water partition coefficient (Wildman–Crippen LogP) is 3.48. The highest BCUT2D eigenvalue weighted by Crippen LogP contribution is 2.30. The smallest absolute Gasteiger partial charge is 0.154 e. The number of anilines is 2. The van der Waals surface area contributed by atoms with Gasteiger partial charge in [0.15, 0.2) is 5.49 Å². The van der Waals surface area contributed by atoms with Crippen LogP contribution in [0.25, 0.3) is 10.9 Å². The molecule has 196 valence electrons. The normalized spacial score (nSPS) is 16.1. The fourth-order valence-corrected chi connectivity index (χ4v) is 4.38. The first-order valence-electron chi connectivity index (χ1n) is 12.4. The van der Waals surface area contributed by atoms with Gasteiger partial charge in [-0.3, -0.25) is 9.58 Å². The van der Waals surface area contributed by atoms with Gasteiger partial charge in [-0.25, -0.2) is 15.0 Å². The number of likely N-dealkylation sites (tertiary alicyclic amines) is 1. The number of ether oxygens (including phenoxy) is 2. The van der Waals surface area contributed by atoms with Crippen LogP contribution in [0, 0.1) is 6.92 Å². The first-order valence-corrected chi connectivity index (χ1v) is 12.4. The van der Waals surface area contributed by atoms with Crippen molar-refractivity contribution < 1.29 is 14.6 Å². The third-order valence-electron chi connectivity index (χ3n) is 6.35. The van der Waals surface area contributed by atoms with Crippen molar-refractivity contribution in [3.05, 3.63) is 84.9 Å². The van der Waals surface area contributed by atoms with E-state index in [2.05, 4.69) is 31.8 Å². The van der Waals surface area contributed by atoms with Gasteiger partial charge in [-0.1, -0.05) is 6.58 Å². The average Bonchev–Trinajstić information content (AvgIpc) is 3.33. The van der Waals surface area contributed by atoms with Crippen LogP contribution >= 0.6 is 0 Å². The molecule has 1 aliphatic heterocycles. The molecule has 0 radical (unpaired) electrons. The Hall–Kier alpha value is -4.41. The Morgan fingerprint density at radius 2 is 2.08 bits per heavy atom. The summed E-state index contributed by atoms with van der Waals surface area (Å²) >= 11 is 0. The summed E-state index contributed by atoms with van der Waals surface area (Å²) in [6.45, 7) is 8.52. The lowest BCUT2D eigenvalue weighted by molar-refractivity contribution is 0.167. The van der Waals surface area contributed by atoms with Gasteiger partial charge in [-0.15, -0.1) is 0 Å². The van der Waals surface area contributed by atoms with Crippen molar-refractivity contribution in [3.8, 4) is 17.2 Å². The van der Waals surface area contributed by atoms with Crippen LogP contribution in [0.1, 0.15) is 12.0 Å². The second-order valence-corrected chi connectivity index (χ2v) is 9.14. The number of aromatic nitrogens is 3. The topological polar surface area (TPSA) is 123 Å². The maximum atomic E-state index is 9.70. The molecule has 0 unspecified atom stereocenters. The van der Waals surface area contributed by atoms with Crippen LogP contribution in [0.15, 0.2) is 78.8 Å². The Bertz CT molecular complexity index is 1520. The molecular formula is C28H31N7O3. The van der Waals surface area contributed by atoms with Crippen molar-refractivity contribution in [1.29, 1.82) is 0 Å². The largest absolute Gasteiger partial charge is 0.492 e. The third kappa shape index (κ3) is 5.93. The van der Waals surface area contributed by atoms with Crippen LogP contribution in [0.5, 0.6) is 17.2 Å². The number of nitrogens with zero attached hydrogens (tertiary/aromatic N) is 5. The van der Waals surface area contributed by atoms with Crippen molar-refractivity contribution >= 4 is 22.4 Å². The molecule has 0 bridgehead atoms. The summed E-state index contributed by atoms with van der Waals surface area (Å²) in [6.07, 6.45) is 5.24. The Morgan fingerprint density at radius 3 is 2.87 bits per heavy atom. The van der Waals surface area contributed by atoms with Crippen LogP contribution in [0.3, 0.4) is 0 Å². The molecule has 0 amide bonds. The zero-order valence-electron chi connectivity index (χ0n) is 21.2. The van der Waals surface area contributed by atoms with E-state index in [1.54, 1.807) is 24.7 Å². The lowest BCUT2D eigenvalue weighted by atomic mass is 10.2. The fourth-order valence-electron chi connectivity index (χ4n) is 4.38. The summed E-state index contributed by atoms with van der Waals surface area (Å²) in [5, 5.41) is 14.0. The minimum Gasteiger partial charge on any atom is -0.492 e. The molecule has 0 saturated carbocycles. The highest BCUT2D eigenvalue weighted by molar-refractivity contribution is 5.91. The molecule has 3 heterocycles. The number of aliphatic hydroxyl groups excluding tert-OH is 1. The molecule has 0 spiro atoms. The van der Waals surface area contributed by atoms with Crippen molar-refractivity contribution in [2.45, 2.75) is 19.4 Å². The summed E-state index contributed by atoms with van der Waals surface area (Å²) in [4.78, 5) is 15.2. The van der Waals surface area contributed by atoms with Gasteiger partial charge in [-0.05, 0) is 61.4 Å². The lowest BCUT2D eigenvalue weighted by Gasteiger charge is -2.16. The number of fused-ring (bicyclic) bond motifs is 1. The summed E-state index contributed by atoms with van der Waals surface area (Å²) in [5.74, 6) is 8.64. The summed E-state index contributed by atoms with van der Waals surface area (Å²) in [5.41, 5.74) is 3.15. The molecule has 1 fully saturated rings. The number of pyridine rings is 1. The average molecular weight is 514 g/mol. The standard InChI is InChI=1S/C28H31N7O3/c1-3-30-27-16-23(9-11-35(27)29)38-26-7-4-20(14-19(26)2)33-28-24-15-22(5-6-25(24)31-18-32-28)37-13-12-34-10-8-21(36)17-34/h3-7,9,11,14-16,18,21,36H,1,8,10,12-13,17,29H2,2H3,(H,31,32,33)/t21-/m1/s1. The Kier molecular flexibility index (Phi) is 7.52. The van der Waals surface area contributed by atoms with E-state index in [-0.39, 0.29) is 6.10 Å². The van der Waals surface area contributed by atoms with Crippen LogP contribution in [0.4, 0.5) is 11.5 Å². The van der Waals surface area contributed by atoms with Gasteiger partial charge >= 0.3 is 0 Å². The van der Waals surface area contributed by atoms with E-state index < -0.39 is 0 Å². The SMILES string of the molecule is C=CN=c1cc(Oc2ccc(Nc3ncnc4ccc(OCCN5CC[C@@H](O)C5)cc34)cc2C)ccn1N. The number of aliphatic hydroxyl groups is 1. The monoisotopic (exact) mass is 513 g/mol. The number of hydrogen-bond acceptors (Lipinski definition) is 9. The molecule has 4 aromatic rings. The number of hydrogen-bond donors (Lipinski definition) is 3. The van der Waals surface area contributed by atoms with E-state index in [4.69, 9.17) is 15.3 Å². The molecule has 1 aliphatic rings. The molecule has 10 heteroatoms. The van der Waals surface area contributed by atoms with E-state index in [0.29, 0.717) is 36.0 Å². The van der Waals surface area contributed by atoms with Crippen molar-refractivity contribution in [2.24, 2.45) is 4.99 Å². The summed E-state index contributed by atoms with van der Waals surface area (Å²) in [7, 11) is 0. The van der Waals surface area contributed by atoms with Crippen molar-refractivity contribution in [1.82, 2.24) is 19.5 Å². The molecule has 10 nitrogen and oxygen atoms in total.